The van der Waals surface area contributed by atoms with Gasteiger partial charge in [-0.3, -0.25) is 4.31 Å². The molecule has 0 bridgehead atoms. The summed E-state index contributed by atoms with van der Waals surface area (Å²) in [5.74, 6) is 0.310. The van der Waals surface area contributed by atoms with Crippen LogP contribution in [0, 0.1) is 0 Å². The zero-order chi connectivity index (χ0) is 17.2. The number of hydrogen-bond donors (Lipinski definition) is 0. The predicted octanol–water partition coefficient (Wildman–Crippen LogP) is 4.87. The zero-order valence-electron chi connectivity index (χ0n) is 12.4. The SMILES string of the molecule is CCN(c1ccc(Cl)cc1)S(=O)(=O)c1ccc(OC)c(Cl)c1Cl. The van der Waals surface area contributed by atoms with Crippen molar-refractivity contribution in [2.75, 3.05) is 18.0 Å². The van der Waals surface area contributed by atoms with Crippen LogP contribution in [-0.4, -0.2) is 22.1 Å². The number of nitrogens with zero attached hydrogens (tertiary/aromatic N) is 1. The topological polar surface area (TPSA) is 46.6 Å². The van der Waals surface area contributed by atoms with E-state index in [-0.39, 0.29) is 21.5 Å². The highest BCUT2D eigenvalue weighted by Crippen LogP contribution is 2.38. The first-order chi connectivity index (χ1) is 10.8. The van der Waals surface area contributed by atoms with Gasteiger partial charge in [-0.15, -0.1) is 0 Å². The average Bonchev–Trinajstić information content (AvgIpc) is 2.52. The second-order valence-corrected chi connectivity index (χ2v) is 7.56. The molecule has 23 heavy (non-hydrogen) atoms. The maximum absolute atomic E-state index is 12.9. The molecule has 2 aromatic carbocycles. The number of anilines is 1. The Morgan fingerprint density at radius 2 is 1.61 bits per heavy atom. The Morgan fingerprint density at radius 1 is 1.00 bits per heavy atom. The van der Waals surface area contributed by atoms with Crippen LogP contribution in [0.5, 0.6) is 5.75 Å². The molecular weight excluding hydrogens is 381 g/mol. The molecule has 0 aliphatic carbocycles. The summed E-state index contributed by atoms with van der Waals surface area (Å²) in [4.78, 5) is -0.0817. The number of halogens is 3. The third-order valence-electron chi connectivity index (χ3n) is 3.20. The van der Waals surface area contributed by atoms with Crippen LogP contribution < -0.4 is 9.04 Å². The molecule has 0 saturated heterocycles. The molecule has 0 aliphatic rings. The zero-order valence-corrected chi connectivity index (χ0v) is 15.5. The van der Waals surface area contributed by atoms with Crippen LogP contribution in [0.1, 0.15) is 6.92 Å². The summed E-state index contributed by atoms with van der Waals surface area (Å²) < 4.78 is 32.1. The molecule has 0 aliphatic heterocycles. The molecule has 4 nitrogen and oxygen atoms in total. The van der Waals surface area contributed by atoms with Crippen LogP contribution in [-0.2, 0) is 10.0 Å². The van der Waals surface area contributed by atoms with E-state index in [4.69, 9.17) is 39.5 Å². The van der Waals surface area contributed by atoms with Crippen molar-refractivity contribution in [1.82, 2.24) is 0 Å². The average molecular weight is 395 g/mol. The van der Waals surface area contributed by atoms with Crippen molar-refractivity contribution in [3.8, 4) is 5.75 Å². The first-order valence-corrected chi connectivity index (χ1v) is 9.20. The molecule has 0 atom stereocenters. The number of methoxy groups -OCH3 is 1. The highest BCUT2D eigenvalue weighted by atomic mass is 35.5. The molecular formula is C15H14Cl3NO3S. The fourth-order valence-corrected chi connectivity index (χ4v) is 4.51. The van der Waals surface area contributed by atoms with Gasteiger partial charge in [-0.25, -0.2) is 8.42 Å². The first-order valence-electron chi connectivity index (χ1n) is 6.63. The standard InChI is InChI=1S/C15H14Cl3NO3S/c1-3-19(11-6-4-10(16)5-7-11)23(20,21)13-9-8-12(22-2)14(17)15(13)18/h4-9H,3H2,1-2H3. The highest BCUT2D eigenvalue weighted by Gasteiger charge is 2.28. The third kappa shape index (κ3) is 3.53. The summed E-state index contributed by atoms with van der Waals surface area (Å²) in [7, 11) is -2.45. The summed E-state index contributed by atoms with van der Waals surface area (Å²) in [6, 6.07) is 9.35. The number of hydrogen-bond acceptors (Lipinski definition) is 3. The molecule has 0 heterocycles. The van der Waals surface area contributed by atoms with Crippen LogP contribution in [0.15, 0.2) is 41.3 Å². The largest absolute Gasteiger partial charge is 0.495 e. The molecule has 0 amide bonds. The Balaban J connectivity index is 2.56. The molecule has 0 spiro atoms. The van der Waals surface area contributed by atoms with Gasteiger partial charge in [-0.05, 0) is 43.3 Å². The van der Waals surface area contributed by atoms with Gasteiger partial charge in [-0.2, -0.15) is 0 Å². The van der Waals surface area contributed by atoms with E-state index in [9.17, 15) is 8.42 Å². The second kappa shape index (κ2) is 7.18. The molecule has 0 N–H and O–H groups in total. The van der Waals surface area contributed by atoms with Crippen LogP contribution in [0.25, 0.3) is 0 Å². The summed E-state index contributed by atoms with van der Waals surface area (Å²) >= 11 is 18.0. The third-order valence-corrected chi connectivity index (χ3v) is 6.38. The fourth-order valence-electron chi connectivity index (χ4n) is 2.09. The van der Waals surface area contributed by atoms with E-state index in [0.717, 1.165) is 0 Å². The number of ether oxygens (including phenoxy) is 1. The van der Waals surface area contributed by atoms with Gasteiger partial charge >= 0.3 is 0 Å². The van der Waals surface area contributed by atoms with Crippen LogP contribution in [0.4, 0.5) is 5.69 Å². The van der Waals surface area contributed by atoms with E-state index < -0.39 is 10.0 Å². The predicted molar refractivity (Wildman–Crippen MR) is 94.7 cm³/mol. The highest BCUT2D eigenvalue weighted by molar-refractivity contribution is 7.93. The number of rotatable bonds is 5. The van der Waals surface area contributed by atoms with Gasteiger partial charge in [0.15, 0.2) is 0 Å². The molecule has 0 saturated carbocycles. The van der Waals surface area contributed by atoms with Crippen molar-refractivity contribution in [3.05, 3.63) is 51.5 Å². The van der Waals surface area contributed by atoms with Crippen LogP contribution in [0.2, 0.25) is 15.1 Å². The molecule has 0 aromatic heterocycles. The van der Waals surface area contributed by atoms with E-state index in [2.05, 4.69) is 0 Å². The Labute approximate surface area is 150 Å². The van der Waals surface area contributed by atoms with E-state index in [0.29, 0.717) is 16.5 Å². The second-order valence-electron chi connectivity index (χ2n) is 4.54. The van der Waals surface area contributed by atoms with Gasteiger partial charge in [0.05, 0.1) is 17.8 Å². The summed E-state index contributed by atoms with van der Waals surface area (Å²) in [5.41, 5.74) is 0.486. The Bertz CT molecular complexity index is 807. The summed E-state index contributed by atoms with van der Waals surface area (Å²) in [6.07, 6.45) is 0. The van der Waals surface area contributed by atoms with Gasteiger partial charge < -0.3 is 4.74 Å². The summed E-state index contributed by atoms with van der Waals surface area (Å²) in [5, 5.41) is 0.508. The molecule has 2 aromatic rings. The smallest absolute Gasteiger partial charge is 0.265 e. The van der Waals surface area contributed by atoms with Gasteiger partial charge in [0, 0.05) is 11.6 Å². The monoisotopic (exact) mass is 393 g/mol. The maximum atomic E-state index is 12.9. The molecule has 0 unspecified atom stereocenters. The van der Waals surface area contributed by atoms with Crippen molar-refractivity contribution in [2.24, 2.45) is 0 Å². The minimum Gasteiger partial charge on any atom is -0.495 e. The quantitative estimate of drug-likeness (QED) is 0.727. The van der Waals surface area contributed by atoms with E-state index in [1.807, 2.05) is 0 Å². The summed E-state index contributed by atoms with van der Waals surface area (Å²) in [6.45, 7) is 1.95. The maximum Gasteiger partial charge on any atom is 0.265 e. The lowest BCUT2D eigenvalue weighted by Crippen LogP contribution is -2.31. The van der Waals surface area contributed by atoms with Gasteiger partial charge in [0.2, 0.25) is 0 Å². The Hall–Kier alpha value is -1.14. The van der Waals surface area contributed by atoms with Crippen molar-refractivity contribution >= 4 is 50.5 Å². The molecule has 8 heteroatoms. The van der Waals surface area contributed by atoms with Gasteiger partial charge in [0.25, 0.3) is 10.0 Å². The van der Waals surface area contributed by atoms with E-state index >= 15 is 0 Å². The van der Waals surface area contributed by atoms with Crippen LogP contribution in [0.3, 0.4) is 0 Å². The lowest BCUT2D eigenvalue weighted by molar-refractivity contribution is 0.414. The molecule has 124 valence electrons. The van der Waals surface area contributed by atoms with E-state index in [1.54, 1.807) is 31.2 Å². The van der Waals surface area contributed by atoms with Gasteiger partial charge in [-0.1, -0.05) is 34.8 Å². The van der Waals surface area contributed by atoms with Gasteiger partial charge in [0.1, 0.15) is 15.7 Å². The Morgan fingerprint density at radius 3 is 2.13 bits per heavy atom. The van der Waals surface area contributed by atoms with Crippen molar-refractivity contribution < 1.29 is 13.2 Å². The number of sulfonamides is 1. The molecule has 0 fully saturated rings. The number of benzene rings is 2. The van der Waals surface area contributed by atoms with Crippen molar-refractivity contribution in [3.63, 3.8) is 0 Å². The fraction of sp³-hybridized carbons (Fsp3) is 0.200. The lowest BCUT2D eigenvalue weighted by Gasteiger charge is -2.24. The van der Waals surface area contributed by atoms with E-state index in [1.165, 1.54) is 23.5 Å². The minimum absolute atomic E-state index is 0.0578. The van der Waals surface area contributed by atoms with Crippen molar-refractivity contribution in [1.29, 1.82) is 0 Å². The molecule has 0 radical (unpaired) electrons. The first kappa shape index (κ1) is 18.2. The van der Waals surface area contributed by atoms with Crippen LogP contribution >= 0.6 is 34.8 Å². The van der Waals surface area contributed by atoms with Crippen molar-refractivity contribution in [2.45, 2.75) is 11.8 Å². The Kier molecular flexibility index (Phi) is 5.68. The normalized spacial score (nSPS) is 11.3. The minimum atomic E-state index is -3.88. The lowest BCUT2D eigenvalue weighted by atomic mass is 10.3. The molecule has 2 rings (SSSR count).